The Kier molecular flexibility index (Phi) is 6.48. The number of fused-ring (bicyclic) bond motifs is 1. The van der Waals surface area contributed by atoms with Crippen LogP contribution in [0.4, 0.5) is 10.8 Å². The van der Waals surface area contributed by atoms with Gasteiger partial charge < -0.3 is 14.8 Å². The third-order valence-corrected chi connectivity index (χ3v) is 6.18. The van der Waals surface area contributed by atoms with Crippen LogP contribution in [0, 0.1) is 6.92 Å². The second-order valence-corrected chi connectivity index (χ2v) is 8.66. The fourth-order valence-electron chi connectivity index (χ4n) is 2.68. The van der Waals surface area contributed by atoms with E-state index >= 15 is 0 Å². The molecule has 0 saturated carbocycles. The first-order valence-corrected chi connectivity index (χ1v) is 11.1. The van der Waals surface area contributed by atoms with Crippen LogP contribution in [0.1, 0.15) is 11.1 Å². The molecule has 0 atom stereocenters. The molecule has 2 aromatic carbocycles. The van der Waals surface area contributed by atoms with Gasteiger partial charge in [0.15, 0.2) is 15.8 Å². The zero-order valence-corrected chi connectivity index (χ0v) is 18.1. The summed E-state index contributed by atoms with van der Waals surface area (Å²) >= 11 is 2.47. The van der Waals surface area contributed by atoms with Crippen LogP contribution in [0.25, 0.3) is 6.08 Å². The molecule has 0 radical (unpaired) electrons. The van der Waals surface area contributed by atoms with Gasteiger partial charge in [0, 0.05) is 11.8 Å². The van der Waals surface area contributed by atoms with Gasteiger partial charge in [0.05, 0.1) is 5.75 Å². The molecule has 0 unspecified atom stereocenters. The smallest absolute Gasteiger partial charge is 0.250 e. The van der Waals surface area contributed by atoms with Crippen molar-refractivity contribution in [1.29, 1.82) is 0 Å². The molecule has 1 aliphatic rings. The number of amides is 2. The predicted octanol–water partition coefficient (Wildman–Crippen LogP) is 3.96. The highest BCUT2D eigenvalue weighted by Gasteiger charge is 2.13. The molecule has 8 nitrogen and oxygen atoms in total. The van der Waals surface area contributed by atoms with Gasteiger partial charge in [0.2, 0.25) is 23.7 Å². The number of aromatic nitrogens is 2. The Bertz CT molecular complexity index is 1150. The average molecular weight is 455 g/mol. The zero-order chi connectivity index (χ0) is 21.6. The minimum Gasteiger partial charge on any atom is -0.454 e. The van der Waals surface area contributed by atoms with E-state index in [1.165, 1.54) is 29.2 Å². The number of carbonyl (C=O) groups is 2. The molecule has 158 valence electrons. The maximum absolute atomic E-state index is 12.1. The van der Waals surface area contributed by atoms with Crippen LogP contribution in [0.2, 0.25) is 0 Å². The standard InChI is InChI=1S/C21H18N4O4S2/c1-13-4-2-3-5-15(13)22-19(27)11-30-21-25-24-20(31-21)23-18(26)9-7-14-6-8-16-17(10-14)29-12-28-16/h2-10H,11-12H2,1H3,(H,22,27)(H,23,24,26)/b9-7+. The Morgan fingerprint density at radius 3 is 2.84 bits per heavy atom. The first-order chi connectivity index (χ1) is 15.1. The predicted molar refractivity (Wildman–Crippen MR) is 121 cm³/mol. The number of para-hydroxylation sites is 1. The van der Waals surface area contributed by atoms with E-state index in [1.54, 1.807) is 18.2 Å². The number of carbonyl (C=O) groups excluding carboxylic acids is 2. The molecule has 10 heteroatoms. The van der Waals surface area contributed by atoms with Crippen molar-refractivity contribution in [3.05, 3.63) is 59.7 Å². The molecular formula is C21H18N4O4S2. The Morgan fingerprint density at radius 2 is 1.97 bits per heavy atom. The van der Waals surface area contributed by atoms with E-state index in [9.17, 15) is 9.59 Å². The quantitative estimate of drug-likeness (QED) is 0.316. The zero-order valence-electron chi connectivity index (χ0n) is 16.5. The van der Waals surface area contributed by atoms with Gasteiger partial charge in [0.25, 0.3) is 0 Å². The molecule has 2 N–H and O–H groups in total. The molecule has 2 heterocycles. The number of aryl methyl sites for hydroxylation is 1. The van der Waals surface area contributed by atoms with Crippen LogP contribution in [0.3, 0.4) is 0 Å². The second-order valence-electron chi connectivity index (χ2n) is 6.46. The van der Waals surface area contributed by atoms with Crippen molar-refractivity contribution in [3.63, 3.8) is 0 Å². The van der Waals surface area contributed by atoms with E-state index in [0.717, 1.165) is 16.8 Å². The van der Waals surface area contributed by atoms with Gasteiger partial charge in [-0.25, -0.2) is 0 Å². The van der Waals surface area contributed by atoms with Gasteiger partial charge in [-0.2, -0.15) is 0 Å². The Balaban J connectivity index is 1.26. The molecule has 0 bridgehead atoms. The van der Waals surface area contributed by atoms with Crippen LogP contribution in [0.15, 0.2) is 52.9 Å². The van der Waals surface area contributed by atoms with Crippen molar-refractivity contribution >= 4 is 51.8 Å². The van der Waals surface area contributed by atoms with Gasteiger partial charge in [-0.05, 0) is 42.3 Å². The summed E-state index contributed by atoms with van der Waals surface area (Å²) in [5.41, 5.74) is 2.59. The highest BCUT2D eigenvalue weighted by molar-refractivity contribution is 8.01. The van der Waals surface area contributed by atoms with Crippen molar-refractivity contribution in [1.82, 2.24) is 10.2 Å². The van der Waals surface area contributed by atoms with Gasteiger partial charge >= 0.3 is 0 Å². The molecule has 2 amide bonds. The third-order valence-electron chi connectivity index (χ3n) is 4.21. The van der Waals surface area contributed by atoms with Gasteiger partial charge in [-0.1, -0.05) is 47.4 Å². The lowest BCUT2D eigenvalue weighted by atomic mass is 10.2. The topological polar surface area (TPSA) is 102 Å². The molecule has 4 rings (SSSR count). The van der Waals surface area contributed by atoms with Crippen molar-refractivity contribution in [2.75, 3.05) is 23.2 Å². The number of hydrogen-bond donors (Lipinski definition) is 2. The van der Waals surface area contributed by atoms with E-state index in [2.05, 4.69) is 20.8 Å². The minimum atomic E-state index is -0.331. The number of ether oxygens (including phenoxy) is 2. The highest BCUT2D eigenvalue weighted by Crippen LogP contribution is 2.32. The maximum Gasteiger partial charge on any atom is 0.250 e. The first-order valence-electron chi connectivity index (χ1n) is 9.27. The Labute approximate surface area is 186 Å². The SMILES string of the molecule is Cc1ccccc1NC(=O)CSc1nnc(NC(=O)/C=C/c2ccc3c(c2)OCO3)s1. The van der Waals surface area contributed by atoms with Crippen LogP contribution in [0.5, 0.6) is 11.5 Å². The lowest BCUT2D eigenvalue weighted by molar-refractivity contribution is -0.114. The van der Waals surface area contributed by atoms with Crippen LogP contribution >= 0.6 is 23.1 Å². The number of anilines is 2. The van der Waals surface area contributed by atoms with E-state index in [1.807, 2.05) is 37.3 Å². The summed E-state index contributed by atoms with van der Waals surface area (Å²) < 4.78 is 11.2. The van der Waals surface area contributed by atoms with E-state index in [0.29, 0.717) is 21.0 Å². The summed E-state index contributed by atoms with van der Waals surface area (Å²) in [5, 5.41) is 13.9. The molecule has 1 aromatic heterocycles. The summed E-state index contributed by atoms with van der Waals surface area (Å²) in [6, 6.07) is 13.0. The molecule has 3 aromatic rings. The van der Waals surface area contributed by atoms with Crippen LogP contribution < -0.4 is 20.1 Å². The summed E-state index contributed by atoms with van der Waals surface area (Å²) in [4.78, 5) is 24.3. The fourth-order valence-corrected chi connectivity index (χ4v) is 4.24. The Hall–Kier alpha value is -3.37. The van der Waals surface area contributed by atoms with E-state index in [-0.39, 0.29) is 24.4 Å². The molecule has 0 fully saturated rings. The lowest BCUT2D eigenvalue weighted by Crippen LogP contribution is -2.14. The maximum atomic E-state index is 12.1. The van der Waals surface area contributed by atoms with Crippen LogP contribution in [-0.4, -0.2) is 34.6 Å². The summed E-state index contributed by atoms with van der Waals surface area (Å²) in [6.07, 6.45) is 3.07. The molecule has 0 saturated heterocycles. The summed E-state index contributed by atoms with van der Waals surface area (Å²) in [5.74, 6) is 1.07. The van der Waals surface area contributed by atoms with Crippen molar-refractivity contribution in [3.8, 4) is 11.5 Å². The van der Waals surface area contributed by atoms with Crippen molar-refractivity contribution in [2.45, 2.75) is 11.3 Å². The normalized spacial score (nSPS) is 12.2. The van der Waals surface area contributed by atoms with E-state index < -0.39 is 0 Å². The number of hydrogen-bond acceptors (Lipinski definition) is 8. The Morgan fingerprint density at radius 1 is 1.13 bits per heavy atom. The molecular weight excluding hydrogens is 436 g/mol. The van der Waals surface area contributed by atoms with Crippen molar-refractivity contribution < 1.29 is 19.1 Å². The number of thioether (sulfide) groups is 1. The monoisotopic (exact) mass is 454 g/mol. The lowest BCUT2D eigenvalue weighted by Gasteiger charge is -2.06. The third kappa shape index (κ3) is 5.62. The molecule has 31 heavy (non-hydrogen) atoms. The number of nitrogens with zero attached hydrogens (tertiary/aromatic N) is 2. The van der Waals surface area contributed by atoms with Gasteiger partial charge in [-0.3, -0.25) is 14.9 Å². The number of rotatable bonds is 7. The fraction of sp³-hybridized carbons (Fsp3) is 0.143. The molecule has 1 aliphatic heterocycles. The minimum absolute atomic E-state index is 0.133. The summed E-state index contributed by atoms with van der Waals surface area (Å²) in [7, 11) is 0. The first kappa shape index (κ1) is 20.9. The van der Waals surface area contributed by atoms with Gasteiger partial charge in [0.1, 0.15) is 0 Å². The summed E-state index contributed by atoms with van der Waals surface area (Å²) in [6.45, 7) is 2.14. The van der Waals surface area contributed by atoms with E-state index in [4.69, 9.17) is 9.47 Å². The van der Waals surface area contributed by atoms with Gasteiger partial charge in [-0.15, -0.1) is 10.2 Å². The average Bonchev–Trinajstić information content (AvgIpc) is 3.41. The van der Waals surface area contributed by atoms with Crippen LogP contribution in [-0.2, 0) is 9.59 Å². The largest absolute Gasteiger partial charge is 0.454 e. The molecule has 0 aliphatic carbocycles. The second kappa shape index (κ2) is 9.63. The van der Waals surface area contributed by atoms with Crippen molar-refractivity contribution in [2.24, 2.45) is 0 Å². The number of benzene rings is 2. The number of nitrogens with one attached hydrogen (secondary N) is 2. The molecule has 0 spiro atoms. The highest BCUT2D eigenvalue weighted by atomic mass is 32.2.